The van der Waals surface area contributed by atoms with Gasteiger partial charge in [-0.3, -0.25) is 4.90 Å². The zero-order valence-corrected chi connectivity index (χ0v) is 13.0. The molecule has 2 heterocycles. The Morgan fingerprint density at radius 2 is 2.24 bits per heavy atom. The predicted octanol–water partition coefficient (Wildman–Crippen LogP) is 1.84. The van der Waals surface area contributed by atoms with E-state index in [0.717, 1.165) is 38.4 Å². The van der Waals surface area contributed by atoms with Crippen molar-refractivity contribution in [2.45, 2.75) is 32.4 Å². The number of para-hydroxylation sites is 1. The zero-order valence-electron chi connectivity index (χ0n) is 13.0. The number of hydrogen-bond acceptors (Lipinski definition) is 4. The lowest BCUT2D eigenvalue weighted by Crippen LogP contribution is -2.31. The Bertz CT molecular complexity index is 501. The van der Waals surface area contributed by atoms with Crippen LogP contribution in [0.5, 0.6) is 5.75 Å². The van der Waals surface area contributed by atoms with E-state index >= 15 is 0 Å². The molecule has 0 saturated carbocycles. The molecule has 1 atom stereocenters. The Morgan fingerprint density at radius 3 is 3.05 bits per heavy atom. The number of aliphatic hydroxyl groups is 1. The summed E-state index contributed by atoms with van der Waals surface area (Å²) in [4.78, 5) is 2.36. The normalized spacial score (nSPS) is 25.2. The minimum Gasteiger partial charge on any atom is -0.487 e. The minimum absolute atomic E-state index is 0.103. The fourth-order valence-electron chi connectivity index (χ4n) is 3.25. The van der Waals surface area contributed by atoms with E-state index in [1.807, 2.05) is 0 Å². The Hall–Kier alpha value is -1.10. The summed E-state index contributed by atoms with van der Waals surface area (Å²) in [6, 6.07) is 6.44. The maximum absolute atomic E-state index is 9.39. The first kappa shape index (κ1) is 14.8. The third-order valence-electron chi connectivity index (χ3n) is 4.25. The molecule has 3 rings (SSSR count). The first-order valence-corrected chi connectivity index (χ1v) is 7.78. The standard InChI is InChI=1S/C17H25NO3/c1-17(2)8-14-4-3-5-15(16(14)21-17)10-18-6-7-20-12-13(9-18)11-19/h3-5,13,19H,6-12H2,1-2H3. The molecular weight excluding hydrogens is 266 g/mol. The second kappa shape index (κ2) is 5.95. The highest BCUT2D eigenvalue weighted by molar-refractivity contribution is 5.45. The lowest BCUT2D eigenvalue weighted by Gasteiger charge is -2.24. The molecule has 21 heavy (non-hydrogen) atoms. The molecular formula is C17H25NO3. The summed E-state index contributed by atoms with van der Waals surface area (Å²) in [7, 11) is 0. The van der Waals surface area contributed by atoms with E-state index in [9.17, 15) is 5.11 Å². The van der Waals surface area contributed by atoms with Crippen LogP contribution in [0.1, 0.15) is 25.0 Å². The van der Waals surface area contributed by atoms with Crippen molar-refractivity contribution in [2.75, 3.05) is 32.9 Å². The molecule has 1 saturated heterocycles. The first-order chi connectivity index (χ1) is 10.1. The Morgan fingerprint density at radius 1 is 1.38 bits per heavy atom. The second-order valence-corrected chi connectivity index (χ2v) is 6.80. The third kappa shape index (κ3) is 3.39. The number of nitrogens with zero attached hydrogens (tertiary/aromatic N) is 1. The van der Waals surface area contributed by atoms with Crippen molar-refractivity contribution in [3.8, 4) is 5.75 Å². The molecule has 2 aliphatic rings. The summed E-state index contributed by atoms with van der Waals surface area (Å²) in [6.07, 6.45) is 0.971. The molecule has 0 amide bonds. The molecule has 2 aliphatic heterocycles. The van der Waals surface area contributed by atoms with E-state index in [4.69, 9.17) is 9.47 Å². The Labute approximate surface area is 126 Å². The average Bonchev–Trinajstić information content (AvgIpc) is 2.62. The molecule has 1 aromatic carbocycles. The minimum atomic E-state index is -0.103. The van der Waals surface area contributed by atoms with Gasteiger partial charge < -0.3 is 14.6 Å². The van der Waals surface area contributed by atoms with Gasteiger partial charge in [-0.15, -0.1) is 0 Å². The van der Waals surface area contributed by atoms with E-state index in [2.05, 4.69) is 36.9 Å². The van der Waals surface area contributed by atoms with Crippen molar-refractivity contribution in [1.82, 2.24) is 4.90 Å². The summed E-state index contributed by atoms with van der Waals surface area (Å²) in [6.45, 7) is 8.50. The van der Waals surface area contributed by atoms with Crippen LogP contribution in [0.4, 0.5) is 0 Å². The van der Waals surface area contributed by atoms with Crippen LogP contribution in [0.25, 0.3) is 0 Å². The number of ether oxygens (including phenoxy) is 2. The fourth-order valence-corrected chi connectivity index (χ4v) is 3.25. The molecule has 0 bridgehead atoms. The molecule has 0 aromatic heterocycles. The van der Waals surface area contributed by atoms with Gasteiger partial charge in [0.15, 0.2) is 0 Å². The molecule has 4 nitrogen and oxygen atoms in total. The number of hydrogen-bond donors (Lipinski definition) is 1. The first-order valence-electron chi connectivity index (χ1n) is 7.78. The molecule has 0 spiro atoms. The fraction of sp³-hybridized carbons (Fsp3) is 0.647. The molecule has 1 unspecified atom stereocenters. The molecule has 0 aliphatic carbocycles. The summed E-state index contributed by atoms with van der Waals surface area (Å²) >= 11 is 0. The van der Waals surface area contributed by atoms with Gasteiger partial charge in [-0.25, -0.2) is 0 Å². The van der Waals surface area contributed by atoms with Gasteiger partial charge in [-0.2, -0.15) is 0 Å². The van der Waals surface area contributed by atoms with Crippen LogP contribution in [0.15, 0.2) is 18.2 Å². The highest BCUT2D eigenvalue weighted by Gasteiger charge is 2.32. The highest BCUT2D eigenvalue weighted by Crippen LogP contribution is 2.38. The van der Waals surface area contributed by atoms with Crippen molar-refractivity contribution in [3.05, 3.63) is 29.3 Å². The second-order valence-electron chi connectivity index (χ2n) is 6.80. The number of fused-ring (bicyclic) bond motifs is 1. The quantitative estimate of drug-likeness (QED) is 0.923. The smallest absolute Gasteiger partial charge is 0.127 e. The number of benzene rings is 1. The monoisotopic (exact) mass is 291 g/mol. The van der Waals surface area contributed by atoms with Crippen molar-refractivity contribution in [2.24, 2.45) is 5.92 Å². The number of rotatable bonds is 3. The predicted molar refractivity (Wildman–Crippen MR) is 81.5 cm³/mol. The van der Waals surface area contributed by atoms with Crippen molar-refractivity contribution < 1.29 is 14.6 Å². The van der Waals surface area contributed by atoms with Crippen LogP contribution in [-0.4, -0.2) is 48.5 Å². The van der Waals surface area contributed by atoms with Crippen LogP contribution >= 0.6 is 0 Å². The van der Waals surface area contributed by atoms with Crippen LogP contribution in [-0.2, 0) is 17.7 Å². The van der Waals surface area contributed by atoms with E-state index in [0.29, 0.717) is 6.61 Å². The molecule has 1 fully saturated rings. The van der Waals surface area contributed by atoms with Crippen molar-refractivity contribution in [1.29, 1.82) is 0 Å². The molecule has 1 N–H and O–H groups in total. The van der Waals surface area contributed by atoms with E-state index < -0.39 is 0 Å². The number of aliphatic hydroxyl groups excluding tert-OH is 1. The van der Waals surface area contributed by atoms with Crippen LogP contribution < -0.4 is 4.74 Å². The average molecular weight is 291 g/mol. The van der Waals surface area contributed by atoms with Gasteiger partial charge >= 0.3 is 0 Å². The van der Waals surface area contributed by atoms with Gasteiger partial charge in [-0.05, 0) is 19.4 Å². The Balaban J connectivity index is 1.75. The molecule has 116 valence electrons. The summed E-state index contributed by atoms with van der Waals surface area (Å²) in [5, 5.41) is 9.39. The largest absolute Gasteiger partial charge is 0.487 e. The highest BCUT2D eigenvalue weighted by atomic mass is 16.5. The van der Waals surface area contributed by atoms with Gasteiger partial charge in [0.25, 0.3) is 0 Å². The molecule has 1 aromatic rings. The van der Waals surface area contributed by atoms with E-state index in [1.54, 1.807) is 0 Å². The van der Waals surface area contributed by atoms with Crippen LogP contribution in [0.2, 0.25) is 0 Å². The SMILES string of the molecule is CC1(C)Cc2cccc(CN3CCOCC(CO)C3)c2O1. The lowest BCUT2D eigenvalue weighted by molar-refractivity contribution is 0.0958. The van der Waals surface area contributed by atoms with Gasteiger partial charge in [0.1, 0.15) is 11.4 Å². The maximum atomic E-state index is 9.39. The lowest BCUT2D eigenvalue weighted by atomic mass is 10.0. The maximum Gasteiger partial charge on any atom is 0.127 e. The summed E-state index contributed by atoms with van der Waals surface area (Å²) in [5.41, 5.74) is 2.45. The van der Waals surface area contributed by atoms with Crippen LogP contribution in [0.3, 0.4) is 0 Å². The third-order valence-corrected chi connectivity index (χ3v) is 4.25. The Kier molecular flexibility index (Phi) is 4.20. The van der Waals surface area contributed by atoms with Gasteiger partial charge in [0.2, 0.25) is 0 Å². The zero-order chi connectivity index (χ0) is 14.9. The topological polar surface area (TPSA) is 41.9 Å². The van der Waals surface area contributed by atoms with Gasteiger partial charge in [0, 0.05) is 44.1 Å². The van der Waals surface area contributed by atoms with Gasteiger partial charge in [-0.1, -0.05) is 18.2 Å². The summed E-state index contributed by atoms with van der Waals surface area (Å²) < 4.78 is 11.7. The summed E-state index contributed by atoms with van der Waals surface area (Å²) in [5.74, 6) is 1.27. The van der Waals surface area contributed by atoms with E-state index in [-0.39, 0.29) is 18.1 Å². The molecule has 4 heteroatoms. The van der Waals surface area contributed by atoms with Crippen LogP contribution in [0, 0.1) is 5.92 Å². The van der Waals surface area contributed by atoms with Crippen molar-refractivity contribution >= 4 is 0 Å². The van der Waals surface area contributed by atoms with Gasteiger partial charge in [0.05, 0.1) is 13.2 Å². The van der Waals surface area contributed by atoms with E-state index in [1.165, 1.54) is 11.1 Å². The van der Waals surface area contributed by atoms with Crippen molar-refractivity contribution in [3.63, 3.8) is 0 Å². The molecule has 0 radical (unpaired) electrons.